The number of nitrogens with zero attached hydrogens (tertiary/aromatic N) is 1. The van der Waals surface area contributed by atoms with Gasteiger partial charge < -0.3 is 15.8 Å². The van der Waals surface area contributed by atoms with Gasteiger partial charge in [0.25, 0.3) is 5.91 Å². The van der Waals surface area contributed by atoms with Crippen LogP contribution in [0.1, 0.15) is 5.56 Å². The fraction of sp³-hybridized carbons (Fsp3) is 0.143. The summed E-state index contributed by atoms with van der Waals surface area (Å²) < 4.78 is 6.15. The van der Waals surface area contributed by atoms with Gasteiger partial charge in [0, 0.05) is 22.0 Å². The van der Waals surface area contributed by atoms with Gasteiger partial charge in [0.15, 0.2) is 6.61 Å². The quantitative estimate of drug-likeness (QED) is 0.842. The van der Waals surface area contributed by atoms with Gasteiger partial charge in [-0.1, -0.05) is 0 Å². The number of aromatic nitrogens is 1. The minimum Gasteiger partial charge on any atom is -0.482 e. The Labute approximate surface area is 125 Å². The van der Waals surface area contributed by atoms with E-state index in [-0.39, 0.29) is 12.5 Å². The van der Waals surface area contributed by atoms with Crippen LogP contribution in [0.5, 0.6) is 5.75 Å². The summed E-state index contributed by atoms with van der Waals surface area (Å²) in [6, 6.07) is 7.05. The maximum absolute atomic E-state index is 11.8. The van der Waals surface area contributed by atoms with Gasteiger partial charge in [0.1, 0.15) is 5.75 Å². The molecule has 2 aromatic rings. The number of amides is 1. The number of rotatable bonds is 4. The van der Waals surface area contributed by atoms with Crippen molar-refractivity contribution in [3.8, 4) is 5.75 Å². The summed E-state index contributed by atoms with van der Waals surface area (Å²) in [5, 5.41) is 2.77. The van der Waals surface area contributed by atoms with Crippen molar-refractivity contribution in [2.75, 3.05) is 17.7 Å². The first-order chi connectivity index (χ1) is 9.54. The second-order valence-electron chi connectivity index (χ2n) is 4.25. The molecule has 1 aromatic carbocycles. The number of nitrogens with two attached hydrogens (primary N) is 1. The van der Waals surface area contributed by atoms with Crippen LogP contribution in [-0.2, 0) is 4.79 Å². The van der Waals surface area contributed by atoms with Crippen LogP contribution in [0.4, 0.5) is 11.4 Å². The number of carbonyl (C=O) groups is 1. The lowest BCUT2D eigenvalue weighted by Gasteiger charge is -2.10. The molecule has 20 heavy (non-hydrogen) atoms. The van der Waals surface area contributed by atoms with Crippen molar-refractivity contribution in [3.05, 3.63) is 46.7 Å². The Morgan fingerprint density at radius 2 is 2.20 bits per heavy atom. The topological polar surface area (TPSA) is 77.2 Å². The minimum atomic E-state index is -0.238. The van der Waals surface area contributed by atoms with Gasteiger partial charge >= 0.3 is 0 Å². The molecule has 0 aliphatic carbocycles. The lowest BCUT2D eigenvalue weighted by atomic mass is 10.2. The number of pyridine rings is 1. The second-order valence-corrected chi connectivity index (χ2v) is 5.17. The molecule has 0 unspecified atom stereocenters. The largest absolute Gasteiger partial charge is 0.482 e. The molecule has 6 heteroatoms. The van der Waals surface area contributed by atoms with Gasteiger partial charge in [-0.15, -0.1) is 0 Å². The summed E-state index contributed by atoms with van der Waals surface area (Å²) in [7, 11) is 0. The van der Waals surface area contributed by atoms with E-state index in [1.54, 1.807) is 36.7 Å². The standard InChI is InChI=1S/C14H14BrN3O2/c1-9-4-11(16)2-3-13(9)18-14(19)8-20-12-5-10(15)6-17-7-12/h2-7H,8,16H2,1H3,(H,18,19). The molecule has 0 aliphatic rings. The van der Waals surface area contributed by atoms with E-state index in [1.807, 2.05) is 6.92 Å². The SMILES string of the molecule is Cc1cc(N)ccc1NC(=O)COc1cncc(Br)c1. The van der Waals surface area contributed by atoms with Crippen molar-refractivity contribution in [3.63, 3.8) is 0 Å². The number of nitrogen functional groups attached to an aromatic ring is 1. The molecular formula is C14H14BrN3O2. The molecule has 3 N–H and O–H groups in total. The number of carbonyl (C=O) groups excluding carboxylic acids is 1. The van der Waals surface area contributed by atoms with E-state index in [4.69, 9.17) is 10.5 Å². The summed E-state index contributed by atoms with van der Waals surface area (Å²) in [6.07, 6.45) is 3.19. The van der Waals surface area contributed by atoms with Crippen molar-refractivity contribution < 1.29 is 9.53 Å². The predicted molar refractivity (Wildman–Crippen MR) is 81.7 cm³/mol. The fourth-order valence-electron chi connectivity index (χ4n) is 1.63. The summed E-state index contributed by atoms with van der Waals surface area (Å²) >= 11 is 3.28. The Morgan fingerprint density at radius 3 is 2.90 bits per heavy atom. The van der Waals surface area contributed by atoms with E-state index in [9.17, 15) is 4.79 Å². The summed E-state index contributed by atoms with van der Waals surface area (Å²) in [4.78, 5) is 15.8. The highest BCUT2D eigenvalue weighted by atomic mass is 79.9. The van der Waals surface area contributed by atoms with Crippen LogP contribution in [0.3, 0.4) is 0 Å². The average Bonchev–Trinajstić information content (AvgIpc) is 2.40. The summed E-state index contributed by atoms with van der Waals surface area (Å²) in [5.41, 5.74) is 7.95. The van der Waals surface area contributed by atoms with Crippen LogP contribution >= 0.6 is 15.9 Å². The van der Waals surface area contributed by atoms with Gasteiger partial charge in [-0.25, -0.2) is 0 Å². The molecule has 0 saturated carbocycles. The van der Waals surface area contributed by atoms with Crippen molar-refractivity contribution >= 4 is 33.2 Å². The van der Waals surface area contributed by atoms with Crippen LogP contribution in [0.15, 0.2) is 41.1 Å². The number of halogens is 1. The van der Waals surface area contributed by atoms with Crippen LogP contribution in [-0.4, -0.2) is 17.5 Å². The molecule has 0 bridgehead atoms. The van der Waals surface area contributed by atoms with Gasteiger partial charge in [-0.3, -0.25) is 9.78 Å². The predicted octanol–water partition coefficient (Wildman–Crippen LogP) is 2.75. The Balaban J connectivity index is 1.92. The van der Waals surface area contributed by atoms with Crippen LogP contribution in [0, 0.1) is 6.92 Å². The number of nitrogens with one attached hydrogen (secondary N) is 1. The Bertz CT molecular complexity index is 632. The van der Waals surface area contributed by atoms with Crippen LogP contribution < -0.4 is 15.8 Å². The molecule has 0 saturated heterocycles. The first-order valence-corrected chi connectivity index (χ1v) is 6.73. The molecule has 1 amide bonds. The third kappa shape index (κ3) is 3.96. The number of hydrogen-bond acceptors (Lipinski definition) is 4. The number of aryl methyl sites for hydroxylation is 1. The molecule has 1 aromatic heterocycles. The Morgan fingerprint density at radius 1 is 1.40 bits per heavy atom. The molecule has 0 fully saturated rings. The molecule has 0 spiro atoms. The zero-order valence-electron chi connectivity index (χ0n) is 10.9. The smallest absolute Gasteiger partial charge is 0.262 e. The third-order valence-electron chi connectivity index (χ3n) is 2.57. The number of anilines is 2. The first kappa shape index (κ1) is 14.3. The average molecular weight is 336 g/mol. The molecule has 2 rings (SSSR count). The Kier molecular flexibility index (Phi) is 4.57. The van der Waals surface area contributed by atoms with E-state index in [0.29, 0.717) is 11.4 Å². The molecule has 0 atom stereocenters. The molecule has 1 heterocycles. The van der Waals surface area contributed by atoms with E-state index >= 15 is 0 Å². The molecular weight excluding hydrogens is 322 g/mol. The van der Waals surface area contributed by atoms with Crippen molar-refractivity contribution in [2.24, 2.45) is 0 Å². The maximum atomic E-state index is 11.8. The fourth-order valence-corrected chi connectivity index (χ4v) is 1.98. The third-order valence-corrected chi connectivity index (χ3v) is 3.01. The lowest BCUT2D eigenvalue weighted by molar-refractivity contribution is -0.118. The van der Waals surface area contributed by atoms with Crippen LogP contribution in [0.2, 0.25) is 0 Å². The van der Waals surface area contributed by atoms with E-state index in [0.717, 1.165) is 15.7 Å². The van der Waals surface area contributed by atoms with E-state index < -0.39 is 0 Å². The monoisotopic (exact) mass is 335 g/mol. The molecule has 5 nitrogen and oxygen atoms in total. The van der Waals surface area contributed by atoms with Gasteiger partial charge in [0.2, 0.25) is 0 Å². The number of benzene rings is 1. The Hall–Kier alpha value is -2.08. The second kappa shape index (κ2) is 6.38. The van der Waals surface area contributed by atoms with Gasteiger partial charge in [-0.2, -0.15) is 0 Å². The maximum Gasteiger partial charge on any atom is 0.262 e. The first-order valence-electron chi connectivity index (χ1n) is 5.94. The zero-order valence-corrected chi connectivity index (χ0v) is 12.5. The van der Waals surface area contributed by atoms with Crippen molar-refractivity contribution in [1.82, 2.24) is 4.98 Å². The van der Waals surface area contributed by atoms with E-state index in [2.05, 4.69) is 26.2 Å². The number of ether oxygens (including phenoxy) is 1. The minimum absolute atomic E-state index is 0.0814. The molecule has 0 aliphatic heterocycles. The van der Waals surface area contributed by atoms with Crippen LogP contribution in [0.25, 0.3) is 0 Å². The molecule has 0 radical (unpaired) electrons. The van der Waals surface area contributed by atoms with Gasteiger partial charge in [0.05, 0.1) is 6.20 Å². The number of hydrogen-bond donors (Lipinski definition) is 2. The lowest BCUT2D eigenvalue weighted by Crippen LogP contribution is -2.20. The zero-order chi connectivity index (χ0) is 14.5. The summed E-state index contributed by atoms with van der Waals surface area (Å²) in [6.45, 7) is 1.80. The normalized spacial score (nSPS) is 10.1. The summed E-state index contributed by atoms with van der Waals surface area (Å²) in [5.74, 6) is 0.293. The highest BCUT2D eigenvalue weighted by molar-refractivity contribution is 9.10. The van der Waals surface area contributed by atoms with Gasteiger partial charge in [-0.05, 0) is 52.7 Å². The van der Waals surface area contributed by atoms with Crippen molar-refractivity contribution in [1.29, 1.82) is 0 Å². The van der Waals surface area contributed by atoms with E-state index in [1.165, 1.54) is 0 Å². The van der Waals surface area contributed by atoms with Crippen molar-refractivity contribution in [2.45, 2.75) is 6.92 Å². The highest BCUT2D eigenvalue weighted by Crippen LogP contribution is 2.18. The molecule has 104 valence electrons. The highest BCUT2D eigenvalue weighted by Gasteiger charge is 2.06.